The molecule has 2 aliphatic heterocycles. The molecule has 1 aromatic carbocycles. The van der Waals surface area contributed by atoms with Crippen molar-refractivity contribution in [3.63, 3.8) is 0 Å². The maximum Gasteiger partial charge on any atom is 0.321 e. The zero-order valence-corrected chi connectivity index (χ0v) is 13.3. The fourth-order valence-electron chi connectivity index (χ4n) is 3.20. The molecular weight excluding hydrogens is 292 g/mol. The number of nitrogens with zero attached hydrogens (tertiary/aromatic N) is 1. The Labute approximate surface area is 136 Å². The molecule has 2 heterocycles. The molecule has 2 fully saturated rings. The van der Waals surface area contributed by atoms with Crippen LogP contribution in [-0.4, -0.2) is 49.1 Å². The van der Waals surface area contributed by atoms with E-state index in [2.05, 4.69) is 16.0 Å². The van der Waals surface area contributed by atoms with Gasteiger partial charge in [0.15, 0.2) is 0 Å². The van der Waals surface area contributed by atoms with Gasteiger partial charge in [0.2, 0.25) is 5.91 Å². The van der Waals surface area contributed by atoms with E-state index in [4.69, 9.17) is 0 Å². The number of amides is 3. The minimum atomic E-state index is -0.128. The number of hydrogen-bond acceptors (Lipinski definition) is 3. The quantitative estimate of drug-likeness (QED) is 0.789. The highest BCUT2D eigenvalue weighted by Crippen LogP contribution is 2.18. The van der Waals surface area contributed by atoms with Crippen LogP contribution < -0.4 is 16.0 Å². The Morgan fingerprint density at radius 2 is 2.00 bits per heavy atom. The highest BCUT2D eigenvalue weighted by Gasteiger charge is 2.30. The van der Waals surface area contributed by atoms with Crippen LogP contribution >= 0.6 is 0 Å². The van der Waals surface area contributed by atoms with E-state index < -0.39 is 0 Å². The van der Waals surface area contributed by atoms with Crippen molar-refractivity contribution >= 4 is 17.6 Å². The van der Waals surface area contributed by atoms with Gasteiger partial charge in [-0.3, -0.25) is 4.79 Å². The lowest BCUT2D eigenvalue weighted by Crippen LogP contribution is -2.49. The Bertz CT molecular complexity index is 543. The summed E-state index contributed by atoms with van der Waals surface area (Å²) in [7, 11) is 0. The van der Waals surface area contributed by atoms with Gasteiger partial charge in [-0.2, -0.15) is 0 Å². The summed E-state index contributed by atoms with van der Waals surface area (Å²) < 4.78 is 0. The summed E-state index contributed by atoms with van der Waals surface area (Å²) in [6.07, 6.45) is 2.70. The molecule has 0 saturated carbocycles. The smallest absolute Gasteiger partial charge is 0.321 e. The molecule has 3 amide bonds. The van der Waals surface area contributed by atoms with Crippen LogP contribution in [0, 0.1) is 5.92 Å². The third kappa shape index (κ3) is 4.22. The van der Waals surface area contributed by atoms with E-state index in [1.807, 2.05) is 30.3 Å². The molecule has 0 aromatic heterocycles. The fourth-order valence-corrected chi connectivity index (χ4v) is 3.20. The highest BCUT2D eigenvalue weighted by atomic mass is 16.2. The van der Waals surface area contributed by atoms with Crippen molar-refractivity contribution in [1.29, 1.82) is 0 Å². The Kier molecular flexibility index (Phi) is 5.12. The SMILES string of the molecule is O=C(NC1CCNC1)C1CCCN(C(=O)Nc2ccccc2)C1. The number of rotatable bonds is 3. The van der Waals surface area contributed by atoms with Crippen molar-refractivity contribution in [3.05, 3.63) is 30.3 Å². The first-order chi connectivity index (χ1) is 11.2. The van der Waals surface area contributed by atoms with Crippen LogP contribution in [0.2, 0.25) is 0 Å². The second-order valence-electron chi connectivity index (χ2n) is 6.28. The van der Waals surface area contributed by atoms with E-state index in [1.165, 1.54) is 0 Å². The van der Waals surface area contributed by atoms with Gasteiger partial charge in [-0.15, -0.1) is 0 Å². The van der Waals surface area contributed by atoms with E-state index in [-0.39, 0.29) is 23.9 Å². The molecule has 0 aliphatic carbocycles. The van der Waals surface area contributed by atoms with Crippen LogP contribution in [0.5, 0.6) is 0 Å². The number of anilines is 1. The Morgan fingerprint density at radius 1 is 1.17 bits per heavy atom. The summed E-state index contributed by atoms with van der Waals surface area (Å²) in [5.41, 5.74) is 0.779. The number of likely N-dealkylation sites (tertiary alicyclic amines) is 1. The van der Waals surface area contributed by atoms with Crippen molar-refractivity contribution in [2.45, 2.75) is 25.3 Å². The molecular formula is C17H24N4O2. The molecule has 124 valence electrons. The molecule has 0 radical (unpaired) electrons. The van der Waals surface area contributed by atoms with Crippen LogP contribution in [-0.2, 0) is 4.79 Å². The lowest BCUT2D eigenvalue weighted by Gasteiger charge is -2.32. The normalized spacial score (nSPS) is 24.3. The third-order valence-corrected chi connectivity index (χ3v) is 4.51. The van der Waals surface area contributed by atoms with Gasteiger partial charge < -0.3 is 20.9 Å². The largest absolute Gasteiger partial charge is 0.352 e. The standard InChI is InChI=1S/C17H24N4O2/c22-16(19-15-8-9-18-11-15)13-5-4-10-21(12-13)17(23)20-14-6-2-1-3-7-14/h1-3,6-7,13,15,18H,4-5,8-12H2,(H,19,22)(H,20,23). The molecule has 2 unspecified atom stereocenters. The molecule has 6 nitrogen and oxygen atoms in total. The maximum absolute atomic E-state index is 12.4. The second-order valence-corrected chi connectivity index (χ2v) is 6.28. The van der Waals surface area contributed by atoms with Gasteiger partial charge in [0.25, 0.3) is 0 Å². The van der Waals surface area contributed by atoms with Gasteiger partial charge >= 0.3 is 6.03 Å². The molecule has 6 heteroatoms. The first-order valence-electron chi connectivity index (χ1n) is 8.34. The molecule has 2 atom stereocenters. The zero-order valence-electron chi connectivity index (χ0n) is 13.3. The van der Waals surface area contributed by atoms with Crippen LogP contribution in [0.4, 0.5) is 10.5 Å². The number of piperidine rings is 1. The van der Waals surface area contributed by atoms with Crippen molar-refractivity contribution in [2.75, 3.05) is 31.5 Å². The summed E-state index contributed by atoms with van der Waals surface area (Å²) in [6.45, 7) is 3.00. The van der Waals surface area contributed by atoms with E-state index in [0.29, 0.717) is 13.1 Å². The van der Waals surface area contributed by atoms with Gasteiger partial charge in [0, 0.05) is 31.4 Å². The van der Waals surface area contributed by atoms with Crippen LogP contribution in [0.25, 0.3) is 0 Å². The van der Waals surface area contributed by atoms with Gasteiger partial charge in [-0.25, -0.2) is 4.79 Å². The number of nitrogens with one attached hydrogen (secondary N) is 3. The van der Waals surface area contributed by atoms with Gasteiger partial charge in [-0.1, -0.05) is 18.2 Å². The second kappa shape index (κ2) is 7.46. The highest BCUT2D eigenvalue weighted by molar-refractivity contribution is 5.90. The minimum Gasteiger partial charge on any atom is -0.352 e. The number of hydrogen-bond donors (Lipinski definition) is 3. The lowest BCUT2D eigenvalue weighted by molar-refractivity contribution is -0.126. The maximum atomic E-state index is 12.4. The van der Waals surface area contributed by atoms with E-state index >= 15 is 0 Å². The Balaban J connectivity index is 1.52. The average molecular weight is 316 g/mol. The van der Waals surface area contributed by atoms with Crippen molar-refractivity contribution in [1.82, 2.24) is 15.5 Å². The molecule has 0 bridgehead atoms. The number of carbonyl (C=O) groups is 2. The predicted molar refractivity (Wildman–Crippen MR) is 89.2 cm³/mol. The molecule has 3 N–H and O–H groups in total. The molecule has 0 spiro atoms. The van der Waals surface area contributed by atoms with E-state index in [0.717, 1.165) is 38.0 Å². The molecule has 3 rings (SSSR count). The van der Waals surface area contributed by atoms with Gasteiger partial charge in [0.05, 0.1) is 5.92 Å². The van der Waals surface area contributed by atoms with Gasteiger partial charge in [-0.05, 0) is 37.9 Å². The summed E-state index contributed by atoms with van der Waals surface area (Å²) in [6, 6.07) is 9.51. The lowest BCUT2D eigenvalue weighted by atomic mass is 9.97. The summed E-state index contributed by atoms with van der Waals surface area (Å²) in [5, 5.41) is 9.23. The fraction of sp³-hybridized carbons (Fsp3) is 0.529. The zero-order chi connectivity index (χ0) is 16.1. The topological polar surface area (TPSA) is 73.5 Å². The Morgan fingerprint density at radius 3 is 2.74 bits per heavy atom. The van der Waals surface area contributed by atoms with Crippen LogP contribution in [0.3, 0.4) is 0 Å². The van der Waals surface area contributed by atoms with Crippen molar-refractivity contribution < 1.29 is 9.59 Å². The van der Waals surface area contributed by atoms with Crippen LogP contribution in [0.1, 0.15) is 19.3 Å². The number of benzene rings is 1. The van der Waals surface area contributed by atoms with E-state index in [1.54, 1.807) is 4.90 Å². The van der Waals surface area contributed by atoms with E-state index in [9.17, 15) is 9.59 Å². The average Bonchev–Trinajstić information content (AvgIpc) is 3.09. The monoisotopic (exact) mass is 316 g/mol. The van der Waals surface area contributed by atoms with Crippen LogP contribution in [0.15, 0.2) is 30.3 Å². The molecule has 1 aromatic rings. The first kappa shape index (κ1) is 15.8. The first-order valence-corrected chi connectivity index (χ1v) is 8.34. The number of para-hydroxylation sites is 1. The van der Waals surface area contributed by atoms with Gasteiger partial charge in [0.1, 0.15) is 0 Å². The molecule has 23 heavy (non-hydrogen) atoms. The predicted octanol–water partition coefficient (Wildman–Crippen LogP) is 1.41. The molecule has 2 saturated heterocycles. The summed E-state index contributed by atoms with van der Waals surface area (Å²) in [5.74, 6) is -0.0261. The van der Waals surface area contributed by atoms with Crippen molar-refractivity contribution in [3.8, 4) is 0 Å². The molecule has 2 aliphatic rings. The Hall–Kier alpha value is -2.08. The minimum absolute atomic E-state index is 0.0795. The van der Waals surface area contributed by atoms with Crippen molar-refractivity contribution in [2.24, 2.45) is 5.92 Å². The number of carbonyl (C=O) groups excluding carboxylic acids is 2. The third-order valence-electron chi connectivity index (χ3n) is 4.51. The summed E-state index contributed by atoms with van der Waals surface area (Å²) >= 11 is 0. The summed E-state index contributed by atoms with van der Waals surface area (Å²) in [4.78, 5) is 26.5. The number of urea groups is 1.